The van der Waals surface area contributed by atoms with E-state index in [1.165, 1.54) is 18.3 Å². The van der Waals surface area contributed by atoms with Crippen LogP contribution in [0, 0.1) is 0 Å². The fourth-order valence-corrected chi connectivity index (χ4v) is 2.12. The third-order valence-electron chi connectivity index (χ3n) is 3.29. The van der Waals surface area contributed by atoms with Crippen molar-refractivity contribution >= 4 is 5.82 Å². The number of halogens is 3. The molecule has 0 fully saturated rings. The van der Waals surface area contributed by atoms with E-state index in [9.17, 15) is 13.2 Å². The zero-order valence-corrected chi connectivity index (χ0v) is 12.0. The molecule has 0 amide bonds. The van der Waals surface area contributed by atoms with Gasteiger partial charge in [-0.2, -0.15) is 18.3 Å². The molecule has 0 aliphatic carbocycles. The minimum atomic E-state index is -4.37. The van der Waals surface area contributed by atoms with Gasteiger partial charge in [-0.1, -0.05) is 12.1 Å². The molecule has 0 aliphatic rings. The molecule has 0 atom stereocenters. The molecular weight excluding hydrogens is 307 g/mol. The number of aryl methyl sites for hydroxylation is 1. The Morgan fingerprint density at radius 1 is 1.04 bits per heavy atom. The summed E-state index contributed by atoms with van der Waals surface area (Å²) in [5, 5.41) is 4.04. The summed E-state index contributed by atoms with van der Waals surface area (Å²) in [6.45, 7) is 0. The number of nitrogens with zero attached hydrogens (tertiary/aromatic N) is 4. The van der Waals surface area contributed by atoms with Crippen LogP contribution in [0.15, 0.2) is 42.9 Å². The van der Waals surface area contributed by atoms with Crippen LogP contribution in [0.3, 0.4) is 0 Å². The van der Waals surface area contributed by atoms with Gasteiger partial charge in [0, 0.05) is 24.4 Å². The van der Waals surface area contributed by atoms with Crippen LogP contribution in [0.2, 0.25) is 0 Å². The van der Waals surface area contributed by atoms with Gasteiger partial charge in [-0.15, -0.1) is 0 Å². The second-order valence-corrected chi connectivity index (χ2v) is 4.97. The molecule has 0 aliphatic heterocycles. The topological polar surface area (TPSA) is 69.6 Å². The van der Waals surface area contributed by atoms with Crippen LogP contribution in [0.5, 0.6) is 0 Å². The Hall–Kier alpha value is -2.90. The van der Waals surface area contributed by atoms with E-state index in [1.807, 2.05) is 0 Å². The molecule has 0 bridgehead atoms. The molecule has 2 N–H and O–H groups in total. The molecule has 0 unspecified atom stereocenters. The largest absolute Gasteiger partial charge is 0.416 e. The Balaban J connectivity index is 2.01. The van der Waals surface area contributed by atoms with Gasteiger partial charge in [-0.25, -0.2) is 9.97 Å². The molecule has 0 spiro atoms. The summed E-state index contributed by atoms with van der Waals surface area (Å²) < 4.78 is 39.4. The van der Waals surface area contributed by atoms with E-state index >= 15 is 0 Å². The molecule has 0 radical (unpaired) electrons. The SMILES string of the molecule is Cn1cc(-c2nc(-c3ccc(C(F)(F)F)cc3)cnc2N)cn1. The molecule has 1 aromatic carbocycles. The van der Waals surface area contributed by atoms with E-state index in [1.54, 1.807) is 24.1 Å². The maximum atomic E-state index is 12.6. The third kappa shape index (κ3) is 3.01. The van der Waals surface area contributed by atoms with Crippen LogP contribution in [0.4, 0.5) is 19.0 Å². The van der Waals surface area contributed by atoms with Crippen LogP contribution in [0.25, 0.3) is 22.5 Å². The minimum absolute atomic E-state index is 0.230. The van der Waals surface area contributed by atoms with E-state index < -0.39 is 11.7 Å². The molecule has 2 heterocycles. The van der Waals surface area contributed by atoms with E-state index in [0.717, 1.165) is 12.1 Å². The maximum Gasteiger partial charge on any atom is 0.416 e. The Bertz CT molecular complexity index is 837. The number of rotatable bonds is 2. The fraction of sp³-hybridized carbons (Fsp3) is 0.133. The lowest BCUT2D eigenvalue weighted by Gasteiger charge is -2.08. The summed E-state index contributed by atoms with van der Waals surface area (Å²) in [6.07, 6.45) is 0.387. The highest BCUT2D eigenvalue weighted by atomic mass is 19.4. The highest BCUT2D eigenvalue weighted by Crippen LogP contribution is 2.31. The van der Waals surface area contributed by atoms with E-state index in [0.29, 0.717) is 22.5 Å². The second kappa shape index (κ2) is 5.38. The molecule has 23 heavy (non-hydrogen) atoms. The van der Waals surface area contributed by atoms with Crippen LogP contribution >= 0.6 is 0 Å². The van der Waals surface area contributed by atoms with Crippen LogP contribution in [-0.2, 0) is 13.2 Å². The van der Waals surface area contributed by atoms with Crippen LogP contribution in [0.1, 0.15) is 5.56 Å². The van der Waals surface area contributed by atoms with Gasteiger partial charge in [0.25, 0.3) is 0 Å². The Kier molecular flexibility index (Phi) is 3.51. The number of nitrogen functional groups attached to an aromatic ring is 1. The van der Waals surface area contributed by atoms with Crippen molar-refractivity contribution < 1.29 is 13.2 Å². The van der Waals surface area contributed by atoms with Gasteiger partial charge in [0.05, 0.1) is 23.7 Å². The first-order chi connectivity index (χ1) is 10.8. The molecule has 0 saturated carbocycles. The Morgan fingerprint density at radius 2 is 1.74 bits per heavy atom. The average molecular weight is 319 g/mol. The number of anilines is 1. The Morgan fingerprint density at radius 3 is 2.30 bits per heavy atom. The van der Waals surface area contributed by atoms with Gasteiger partial charge in [0.15, 0.2) is 0 Å². The predicted molar refractivity (Wildman–Crippen MR) is 79.1 cm³/mol. The lowest BCUT2D eigenvalue weighted by atomic mass is 10.1. The zero-order chi connectivity index (χ0) is 16.6. The minimum Gasteiger partial charge on any atom is -0.382 e. The van der Waals surface area contributed by atoms with Crippen molar-refractivity contribution in [2.24, 2.45) is 7.05 Å². The van der Waals surface area contributed by atoms with Crippen molar-refractivity contribution in [1.29, 1.82) is 0 Å². The summed E-state index contributed by atoms with van der Waals surface area (Å²) in [5.41, 5.74) is 7.21. The second-order valence-electron chi connectivity index (χ2n) is 4.97. The van der Waals surface area contributed by atoms with Gasteiger partial charge in [-0.3, -0.25) is 4.68 Å². The molecule has 0 saturated heterocycles. The first kappa shape index (κ1) is 15.0. The number of hydrogen-bond acceptors (Lipinski definition) is 4. The van der Waals surface area contributed by atoms with Gasteiger partial charge in [0.1, 0.15) is 11.5 Å². The van der Waals surface area contributed by atoms with Crippen LogP contribution < -0.4 is 5.73 Å². The first-order valence-electron chi connectivity index (χ1n) is 6.64. The summed E-state index contributed by atoms with van der Waals surface area (Å²) in [5.74, 6) is 0.230. The monoisotopic (exact) mass is 319 g/mol. The van der Waals surface area contributed by atoms with Crippen LogP contribution in [-0.4, -0.2) is 19.7 Å². The highest BCUT2D eigenvalue weighted by Gasteiger charge is 2.30. The zero-order valence-electron chi connectivity index (χ0n) is 12.0. The number of alkyl halides is 3. The normalized spacial score (nSPS) is 11.7. The van der Waals surface area contributed by atoms with Gasteiger partial charge in [-0.05, 0) is 12.1 Å². The van der Waals surface area contributed by atoms with Gasteiger partial charge >= 0.3 is 6.18 Å². The molecule has 2 aromatic heterocycles. The van der Waals surface area contributed by atoms with E-state index in [2.05, 4.69) is 15.1 Å². The number of hydrogen-bond donors (Lipinski definition) is 1. The Labute approximate surface area is 129 Å². The summed E-state index contributed by atoms with van der Waals surface area (Å²) in [6, 6.07) is 4.74. The lowest BCUT2D eigenvalue weighted by Crippen LogP contribution is -2.04. The molecular formula is C15H12F3N5. The standard InChI is InChI=1S/C15H12F3N5/c1-23-8-10(6-21-23)13-14(19)20-7-12(22-13)9-2-4-11(5-3-9)15(16,17)18/h2-8H,1H3,(H2,19,20). The van der Waals surface area contributed by atoms with E-state index in [4.69, 9.17) is 5.73 Å². The van der Waals surface area contributed by atoms with Crippen molar-refractivity contribution in [3.8, 4) is 22.5 Å². The molecule has 3 aromatic rings. The van der Waals surface area contributed by atoms with E-state index in [-0.39, 0.29) is 5.82 Å². The van der Waals surface area contributed by atoms with Crippen molar-refractivity contribution in [2.45, 2.75) is 6.18 Å². The van der Waals surface area contributed by atoms with Crippen molar-refractivity contribution in [3.63, 3.8) is 0 Å². The number of nitrogens with two attached hydrogens (primary N) is 1. The van der Waals surface area contributed by atoms with Gasteiger partial charge < -0.3 is 5.73 Å². The predicted octanol–water partition coefficient (Wildman–Crippen LogP) is 3.15. The van der Waals surface area contributed by atoms with Gasteiger partial charge in [0.2, 0.25) is 0 Å². The maximum absolute atomic E-state index is 12.6. The summed E-state index contributed by atoms with van der Waals surface area (Å²) >= 11 is 0. The van der Waals surface area contributed by atoms with Crippen molar-refractivity contribution in [1.82, 2.24) is 19.7 Å². The lowest BCUT2D eigenvalue weighted by molar-refractivity contribution is -0.137. The summed E-state index contributed by atoms with van der Waals surface area (Å²) in [4.78, 5) is 8.46. The van der Waals surface area contributed by atoms with Crippen molar-refractivity contribution in [2.75, 3.05) is 5.73 Å². The average Bonchev–Trinajstić information content (AvgIpc) is 2.93. The molecule has 8 heteroatoms. The molecule has 3 rings (SSSR count). The molecule has 118 valence electrons. The fourth-order valence-electron chi connectivity index (χ4n) is 2.12. The third-order valence-corrected chi connectivity index (χ3v) is 3.29. The smallest absolute Gasteiger partial charge is 0.382 e. The quantitative estimate of drug-likeness (QED) is 0.788. The highest BCUT2D eigenvalue weighted by molar-refractivity contribution is 5.72. The first-order valence-corrected chi connectivity index (χ1v) is 6.64. The molecule has 5 nitrogen and oxygen atoms in total. The number of aromatic nitrogens is 4. The number of benzene rings is 1. The van der Waals surface area contributed by atoms with Crippen molar-refractivity contribution in [3.05, 3.63) is 48.4 Å². The summed E-state index contributed by atoms with van der Waals surface area (Å²) in [7, 11) is 1.76.